The maximum Gasteiger partial charge on any atom is 0.125 e. The molecule has 1 aromatic carbocycles. The summed E-state index contributed by atoms with van der Waals surface area (Å²) in [6.45, 7) is 0.953. The van der Waals surface area contributed by atoms with Crippen LogP contribution in [0.25, 0.3) is 0 Å². The van der Waals surface area contributed by atoms with Crippen LogP contribution in [0.1, 0.15) is 18.0 Å². The summed E-state index contributed by atoms with van der Waals surface area (Å²) in [5.41, 5.74) is 0.762. The minimum atomic E-state index is -0.335. The molecule has 0 amide bonds. The number of nitrogens with one attached hydrogen (secondary N) is 1. The van der Waals surface area contributed by atoms with Crippen LogP contribution in [0.15, 0.2) is 12.1 Å². The first kappa shape index (κ1) is 9.25. The Bertz CT molecular complexity index is 337. The van der Waals surface area contributed by atoms with Crippen molar-refractivity contribution < 1.29 is 4.39 Å². The van der Waals surface area contributed by atoms with Gasteiger partial charge in [0.1, 0.15) is 5.82 Å². The molecule has 1 saturated heterocycles. The van der Waals surface area contributed by atoms with E-state index in [0.717, 1.165) is 18.5 Å². The second kappa shape index (κ2) is 3.45. The van der Waals surface area contributed by atoms with E-state index in [4.69, 9.17) is 23.2 Å². The molecule has 1 atom stereocenters. The molecular weight excluding hydrogens is 212 g/mol. The summed E-state index contributed by atoms with van der Waals surface area (Å²) in [6.07, 6.45) is 0.986. The Morgan fingerprint density at radius 1 is 1.38 bits per heavy atom. The molecule has 4 heteroatoms. The molecule has 0 saturated carbocycles. The smallest absolute Gasteiger partial charge is 0.125 e. The molecule has 1 aliphatic rings. The van der Waals surface area contributed by atoms with Gasteiger partial charge in [-0.25, -0.2) is 4.39 Å². The lowest BCUT2D eigenvalue weighted by Gasteiger charge is -2.29. The minimum absolute atomic E-state index is 0.167. The Balaban J connectivity index is 2.42. The van der Waals surface area contributed by atoms with Gasteiger partial charge in [-0.2, -0.15) is 0 Å². The average Bonchev–Trinajstić information content (AvgIpc) is 1.95. The summed E-state index contributed by atoms with van der Waals surface area (Å²) in [4.78, 5) is 0. The van der Waals surface area contributed by atoms with Gasteiger partial charge in [0, 0.05) is 6.04 Å². The van der Waals surface area contributed by atoms with Crippen molar-refractivity contribution >= 4 is 23.2 Å². The van der Waals surface area contributed by atoms with Crippen LogP contribution in [0.3, 0.4) is 0 Å². The normalized spacial score (nSPS) is 21.3. The van der Waals surface area contributed by atoms with Gasteiger partial charge in [0.15, 0.2) is 0 Å². The van der Waals surface area contributed by atoms with Gasteiger partial charge in [0.05, 0.1) is 10.0 Å². The van der Waals surface area contributed by atoms with Crippen LogP contribution in [0.4, 0.5) is 4.39 Å². The number of hydrogen-bond acceptors (Lipinski definition) is 1. The van der Waals surface area contributed by atoms with Gasteiger partial charge in [0.2, 0.25) is 0 Å². The molecule has 1 N–H and O–H groups in total. The minimum Gasteiger partial charge on any atom is -0.310 e. The summed E-state index contributed by atoms with van der Waals surface area (Å²) < 4.78 is 13.0. The first-order valence-electron chi connectivity index (χ1n) is 4.06. The van der Waals surface area contributed by atoms with E-state index in [1.807, 2.05) is 0 Å². The third kappa shape index (κ3) is 1.66. The van der Waals surface area contributed by atoms with Crippen molar-refractivity contribution in [2.45, 2.75) is 12.5 Å². The highest BCUT2D eigenvalue weighted by molar-refractivity contribution is 6.42. The standard InChI is InChI=1S/C9H8Cl2FN/c10-7-4-5(12)3-6(9(7)11)8-1-2-13-8/h3-4,8,13H,1-2H2/t8-/m0/s1. The molecule has 2 rings (SSSR count). The van der Waals surface area contributed by atoms with Crippen LogP contribution in [0, 0.1) is 5.82 Å². The Morgan fingerprint density at radius 2 is 2.08 bits per heavy atom. The molecule has 0 radical (unpaired) electrons. The van der Waals surface area contributed by atoms with E-state index in [0.29, 0.717) is 5.02 Å². The summed E-state index contributed by atoms with van der Waals surface area (Å²) in [5, 5.41) is 3.89. The molecule has 0 aromatic heterocycles. The predicted octanol–water partition coefficient (Wildman–Crippen LogP) is 3.17. The Hall–Kier alpha value is -0.310. The van der Waals surface area contributed by atoms with Crippen molar-refractivity contribution in [1.82, 2.24) is 5.32 Å². The lowest BCUT2D eigenvalue weighted by atomic mass is 9.98. The molecule has 1 fully saturated rings. The Morgan fingerprint density at radius 3 is 2.62 bits per heavy atom. The number of benzene rings is 1. The van der Waals surface area contributed by atoms with Crippen molar-refractivity contribution in [3.63, 3.8) is 0 Å². The van der Waals surface area contributed by atoms with Crippen molar-refractivity contribution in [3.05, 3.63) is 33.6 Å². The third-order valence-electron chi connectivity index (χ3n) is 2.22. The van der Waals surface area contributed by atoms with E-state index >= 15 is 0 Å². The average molecular weight is 220 g/mol. The zero-order valence-corrected chi connectivity index (χ0v) is 8.29. The quantitative estimate of drug-likeness (QED) is 0.716. The van der Waals surface area contributed by atoms with Gasteiger partial charge in [-0.3, -0.25) is 0 Å². The maximum absolute atomic E-state index is 13.0. The van der Waals surface area contributed by atoms with Crippen LogP contribution in [-0.2, 0) is 0 Å². The molecule has 70 valence electrons. The van der Waals surface area contributed by atoms with Crippen LogP contribution >= 0.6 is 23.2 Å². The van der Waals surface area contributed by atoms with Gasteiger partial charge in [-0.15, -0.1) is 0 Å². The van der Waals surface area contributed by atoms with Crippen molar-refractivity contribution in [3.8, 4) is 0 Å². The second-order valence-electron chi connectivity index (χ2n) is 3.09. The van der Waals surface area contributed by atoms with E-state index in [1.54, 1.807) is 0 Å². The molecule has 13 heavy (non-hydrogen) atoms. The SMILES string of the molecule is Fc1cc(Cl)c(Cl)c([C@@H]2CCN2)c1. The summed E-state index contributed by atoms with van der Waals surface area (Å²) in [5.74, 6) is -0.335. The zero-order valence-electron chi connectivity index (χ0n) is 6.78. The van der Waals surface area contributed by atoms with E-state index in [1.165, 1.54) is 12.1 Å². The summed E-state index contributed by atoms with van der Waals surface area (Å²) in [7, 11) is 0. The largest absolute Gasteiger partial charge is 0.310 e. The maximum atomic E-state index is 13.0. The van der Waals surface area contributed by atoms with E-state index in [-0.39, 0.29) is 16.9 Å². The topological polar surface area (TPSA) is 12.0 Å². The molecule has 1 heterocycles. The number of rotatable bonds is 1. The monoisotopic (exact) mass is 219 g/mol. The van der Waals surface area contributed by atoms with Crippen LogP contribution in [0.2, 0.25) is 10.0 Å². The summed E-state index contributed by atoms with van der Waals surface area (Å²) in [6, 6.07) is 2.83. The van der Waals surface area contributed by atoms with E-state index < -0.39 is 0 Å². The van der Waals surface area contributed by atoms with Crippen molar-refractivity contribution in [2.75, 3.05) is 6.54 Å². The fourth-order valence-corrected chi connectivity index (χ4v) is 1.84. The van der Waals surface area contributed by atoms with Gasteiger partial charge < -0.3 is 5.32 Å². The van der Waals surface area contributed by atoms with Gasteiger partial charge >= 0.3 is 0 Å². The second-order valence-corrected chi connectivity index (χ2v) is 3.87. The van der Waals surface area contributed by atoms with Gasteiger partial charge in [0.25, 0.3) is 0 Å². The molecule has 0 spiro atoms. The van der Waals surface area contributed by atoms with E-state index in [9.17, 15) is 4.39 Å². The number of hydrogen-bond donors (Lipinski definition) is 1. The lowest BCUT2D eigenvalue weighted by molar-refractivity contribution is 0.382. The fraction of sp³-hybridized carbons (Fsp3) is 0.333. The highest BCUT2D eigenvalue weighted by Gasteiger charge is 2.22. The lowest BCUT2D eigenvalue weighted by Crippen LogP contribution is -2.35. The Labute approximate surface area is 85.8 Å². The first-order valence-corrected chi connectivity index (χ1v) is 4.82. The molecule has 0 unspecified atom stereocenters. The van der Waals surface area contributed by atoms with E-state index in [2.05, 4.69) is 5.32 Å². The molecule has 0 bridgehead atoms. The molecular formula is C9H8Cl2FN. The van der Waals surface area contributed by atoms with Crippen molar-refractivity contribution in [2.24, 2.45) is 0 Å². The van der Waals surface area contributed by atoms with Crippen LogP contribution in [-0.4, -0.2) is 6.54 Å². The highest BCUT2D eigenvalue weighted by atomic mass is 35.5. The van der Waals surface area contributed by atoms with Gasteiger partial charge in [-0.1, -0.05) is 23.2 Å². The Kier molecular flexibility index (Phi) is 2.45. The predicted molar refractivity (Wildman–Crippen MR) is 51.8 cm³/mol. The molecule has 1 nitrogen and oxygen atoms in total. The number of halogens is 3. The highest BCUT2D eigenvalue weighted by Crippen LogP contribution is 2.34. The molecule has 1 aliphatic heterocycles. The van der Waals surface area contributed by atoms with Crippen LogP contribution in [0.5, 0.6) is 0 Å². The van der Waals surface area contributed by atoms with Crippen molar-refractivity contribution in [1.29, 1.82) is 0 Å². The molecule has 0 aliphatic carbocycles. The van der Waals surface area contributed by atoms with Gasteiger partial charge in [-0.05, 0) is 30.7 Å². The fourth-order valence-electron chi connectivity index (χ4n) is 1.38. The zero-order chi connectivity index (χ0) is 9.42. The summed E-state index contributed by atoms with van der Waals surface area (Å²) >= 11 is 11.7. The molecule has 1 aromatic rings. The van der Waals surface area contributed by atoms with Crippen LogP contribution < -0.4 is 5.32 Å². The first-order chi connectivity index (χ1) is 6.18. The third-order valence-corrected chi connectivity index (χ3v) is 3.04.